The second-order valence-electron chi connectivity index (χ2n) is 4.36. The Morgan fingerprint density at radius 2 is 2.05 bits per heavy atom. The summed E-state index contributed by atoms with van der Waals surface area (Å²) in [6, 6.07) is 6.44. The van der Waals surface area contributed by atoms with E-state index in [0.717, 1.165) is 0 Å². The topological polar surface area (TPSA) is 81.9 Å². The van der Waals surface area contributed by atoms with Crippen LogP contribution in [0.4, 0.5) is 18.9 Å². The van der Waals surface area contributed by atoms with Crippen LogP contribution in [0.1, 0.15) is 6.92 Å². The van der Waals surface area contributed by atoms with Gasteiger partial charge in [-0.1, -0.05) is 0 Å². The van der Waals surface area contributed by atoms with Crippen molar-refractivity contribution in [3.8, 4) is 5.69 Å². The summed E-state index contributed by atoms with van der Waals surface area (Å²) in [4.78, 5) is 11.7. The molecule has 0 saturated heterocycles. The largest absolute Gasteiger partial charge is 0.411 e. The van der Waals surface area contributed by atoms with E-state index in [9.17, 15) is 18.0 Å². The van der Waals surface area contributed by atoms with Crippen LogP contribution in [0.2, 0.25) is 0 Å². The molecule has 118 valence electrons. The van der Waals surface area contributed by atoms with E-state index in [4.69, 9.17) is 0 Å². The minimum absolute atomic E-state index is 0.421. The minimum atomic E-state index is -4.47. The first-order valence-corrected chi connectivity index (χ1v) is 6.18. The van der Waals surface area contributed by atoms with Gasteiger partial charge in [-0.2, -0.15) is 13.2 Å². The number of rotatable bonds is 5. The number of hydrogen-bond donors (Lipinski definition) is 1. The van der Waals surface area contributed by atoms with Gasteiger partial charge in [0.2, 0.25) is 0 Å². The summed E-state index contributed by atoms with van der Waals surface area (Å²) in [5, 5.41) is 13.1. The van der Waals surface area contributed by atoms with Crippen LogP contribution in [0.3, 0.4) is 0 Å². The molecule has 1 N–H and O–H groups in total. The maximum atomic E-state index is 12.0. The first-order valence-electron chi connectivity index (χ1n) is 6.18. The molecule has 1 heterocycles. The second kappa shape index (κ2) is 6.52. The summed E-state index contributed by atoms with van der Waals surface area (Å²) >= 11 is 0. The van der Waals surface area contributed by atoms with Crippen molar-refractivity contribution in [3.63, 3.8) is 0 Å². The first kappa shape index (κ1) is 15.9. The molecule has 0 saturated carbocycles. The van der Waals surface area contributed by atoms with E-state index in [-0.39, 0.29) is 0 Å². The van der Waals surface area contributed by atoms with Crippen LogP contribution in [-0.2, 0) is 9.53 Å². The molecule has 0 fully saturated rings. The molecule has 1 atom stereocenters. The molecule has 1 amide bonds. The molecule has 0 spiro atoms. The fraction of sp³-hybridized carbons (Fsp3) is 0.333. The lowest BCUT2D eigenvalue weighted by molar-refractivity contribution is -0.184. The van der Waals surface area contributed by atoms with E-state index in [1.54, 1.807) is 24.3 Å². The number of aromatic nitrogens is 4. The Balaban J connectivity index is 1.91. The number of halogens is 3. The predicted molar refractivity (Wildman–Crippen MR) is 69.3 cm³/mol. The van der Waals surface area contributed by atoms with Gasteiger partial charge in [-0.05, 0) is 41.6 Å². The molecule has 22 heavy (non-hydrogen) atoms. The van der Waals surface area contributed by atoms with Crippen LogP contribution < -0.4 is 5.32 Å². The molecular formula is C12H12F3N5O2. The van der Waals surface area contributed by atoms with Gasteiger partial charge < -0.3 is 10.1 Å². The Kier molecular flexibility index (Phi) is 4.71. The predicted octanol–water partition coefficient (Wildman–Crippen LogP) is 1.57. The zero-order valence-electron chi connectivity index (χ0n) is 11.4. The maximum Gasteiger partial charge on any atom is 0.411 e. The average Bonchev–Trinajstić information content (AvgIpc) is 2.99. The molecule has 0 bridgehead atoms. The van der Waals surface area contributed by atoms with Crippen molar-refractivity contribution >= 4 is 11.6 Å². The summed E-state index contributed by atoms with van der Waals surface area (Å²) in [6.45, 7) is -0.226. The molecular weight excluding hydrogens is 303 g/mol. The summed E-state index contributed by atoms with van der Waals surface area (Å²) < 4.78 is 41.9. The number of carbonyl (C=O) groups excluding carboxylic acids is 1. The fourth-order valence-corrected chi connectivity index (χ4v) is 1.52. The molecule has 10 heteroatoms. The van der Waals surface area contributed by atoms with E-state index in [1.165, 1.54) is 17.9 Å². The number of hydrogen-bond acceptors (Lipinski definition) is 5. The first-order chi connectivity index (χ1) is 10.3. The lowest BCUT2D eigenvalue weighted by Crippen LogP contribution is -2.31. The smallest absolute Gasteiger partial charge is 0.359 e. The van der Waals surface area contributed by atoms with Gasteiger partial charge >= 0.3 is 6.18 Å². The number of alkyl halides is 3. The monoisotopic (exact) mass is 315 g/mol. The van der Waals surface area contributed by atoms with Crippen LogP contribution in [0.5, 0.6) is 0 Å². The van der Waals surface area contributed by atoms with E-state index in [1.807, 2.05) is 0 Å². The molecule has 2 rings (SSSR count). The summed E-state index contributed by atoms with van der Waals surface area (Å²) in [5.41, 5.74) is 1.09. The van der Waals surface area contributed by atoms with Gasteiger partial charge in [-0.25, -0.2) is 4.68 Å². The normalized spacial score (nSPS) is 12.9. The van der Waals surface area contributed by atoms with E-state index >= 15 is 0 Å². The highest BCUT2D eigenvalue weighted by atomic mass is 19.4. The number of carbonyl (C=O) groups is 1. The molecule has 7 nitrogen and oxygen atoms in total. The number of nitrogens with zero attached hydrogens (tertiary/aromatic N) is 4. The van der Waals surface area contributed by atoms with Crippen molar-refractivity contribution in [1.29, 1.82) is 0 Å². The lowest BCUT2D eigenvalue weighted by Gasteiger charge is -2.14. The van der Waals surface area contributed by atoms with Crippen LogP contribution >= 0.6 is 0 Å². The Morgan fingerprint density at radius 1 is 1.36 bits per heavy atom. The fourth-order valence-electron chi connectivity index (χ4n) is 1.52. The number of benzene rings is 1. The molecule has 2 aromatic rings. The zero-order valence-corrected chi connectivity index (χ0v) is 11.4. The van der Waals surface area contributed by atoms with Crippen molar-refractivity contribution in [2.24, 2.45) is 0 Å². The average molecular weight is 315 g/mol. The summed E-state index contributed by atoms with van der Waals surface area (Å²) in [5.74, 6) is -0.667. The van der Waals surface area contributed by atoms with Gasteiger partial charge in [-0.3, -0.25) is 4.79 Å². The highest BCUT2D eigenvalue weighted by molar-refractivity contribution is 5.93. The van der Waals surface area contributed by atoms with Gasteiger partial charge in [0.05, 0.1) is 5.69 Å². The molecule has 1 aromatic carbocycles. The molecule has 0 aliphatic heterocycles. The van der Waals surface area contributed by atoms with Crippen molar-refractivity contribution in [3.05, 3.63) is 30.6 Å². The van der Waals surface area contributed by atoms with Crippen molar-refractivity contribution < 1.29 is 22.7 Å². The quantitative estimate of drug-likeness (QED) is 0.905. The molecule has 0 unspecified atom stereocenters. The van der Waals surface area contributed by atoms with Gasteiger partial charge in [0, 0.05) is 5.69 Å². The Hall–Kier alpha value is -2.49. The van der Waals surface area contributed by atoms with Gasteiger partial charge in [0.15, 0.2) is 0 Å². The van der Waals surface area contributed by atoms with Crippen LogP contribution in [0, 0.1) is 0 Å². The number of ether oxygens (including phenoxy) is 1. The van der Waals surface area contributed by atoms with Crippen LogP contribution in [0.25, 0.3) is 5.69 Å². The highest BCUT2D eigenvalue weighted by Gasteiger charge is 2.29. The standard InChI is InChI=1S/C12H12F3N5O2/c1-8(22-6-12(13,14)15)11(21)17-9-2-4-10(5-3-9)20-7-16-18-19-20/h2-5,7-8H,6H2,1H3,(H,17,21)/t8-/m1/s1. The third-order valence-electron chi connectivity index (χ3n) is 2.61. The number of anilines is 1. The Bertz CT molecular complexity index is 613. The maximum absolute atomic E-state index is 12.0. The third-order valence-corrected chi connectivity index (χ3v) is 2.61. The van der Waals surface area contributed by atoms with Gasteiger partial charge in [0.25, 0.3) is 5.91 Å². The van der Waals surface area contributed by atoms with Crippen molar-refractivity contribution in [2.45, 2.75) is 19.2 Å². The van der Waals surface area contributed by atoms with Crippen LogP contribution in [-0.4, -0.2) is 45.0 Å². The minimum Gasteiger partial charge on any atom is -0.359 e. The van der Waals surface area contributed by atoms with E-state index in [0.29, 0.717) is 11.4 Å². The summed E-state index contributed by atoms with van der Waals surface area (Å²) in [6.07, 6.45) is -4.29. The van der Waals surface area contributed by atoms with Gasteiger partial charge in [-0.15, -0.1) is 5.10 Å². The SMILES string of the molecule is C[C@@H](OCC(F)(F)F)C(=O)Nc1ccc(-n2cnnn2)cc1. The van der Waals surface area contributed by atoms with Crippen molar-refractivity contribution in [1.82, 2.24) is 20.2 Å². The molecule has 0 radical (unpaired) electrons. The number of amides is 1. The molecule has 0 aliphatic carbocycles. The molecule has 0 aliphatic rings. The van der Waals surface area contributed by atoms with Crippen molar-refractivity contribution in [2.75, 3.05) is 11.9 Å². The van der Waals surface area contributed by atoms with E-state index < -0.39 is 24.8 Å². The number of tetrazole rings is 1. The zero-order chi connectivity index (χ0) is 16.2. The van der Waals surface area contributed by atoms with E-state index in [2.05, 4.69) is 25.6 Å². The van der Waals surface area contributed by atoms with Gasteiger partial charge in [0.1, 0.15) is 19.0 Å². The second-order valence-corrected chi connectivity index (χ2v) is 4.36. The van der Waals surface area contributed by atoms with Crippen LogP contribution in [0.15, 0.2) is 30.6 Å². The molecule has 1 aromatic heterocycles. The third kappa shape index (κ3) is 4.52. The highest BCUT2D eigenvalue weighted by Crippen LogP contribution is 2.16. The Labute approximate surface area is 123 Å². The number of nitrogens with one attached hydrogen (secondary N) is 1. The lowest BCUT2D eigenvalue weighted by atomic mass is 10.2. The summed E-state index contributed by atoms with van der Waals surface area (Å²) in [7, 11) is 0. The Morgan fingerprint density at radius 3 is 2.59 bits per heavy atom.